The molecule has 1 atom stereocenters. The summed E-state index contributed by atoms with van der Waals surface area (Å²) >= 11 is 0. The van der Waals surface area contributed by atoms with Crippen LogP contribution in [0.4, 0.5) is 0 Å². The Morgan fingerprint density at radius 2 is 1.72 bits per heavy atom. The second kappa shape index (κ2) is 9.56. The van der Waals surface area contributed by atoms with Gasteiger partial charge in [0.25, 0.3) is 5.91 Å². The summed E-state index contributed by atoms with van der Waals surface area (Å²) < 4.78 is 9.85. The molecular weight excluding hydrogens is 318 g/mol. The van der Waals surface area contributed by atoms with Crippen molar-refractivity contribution >= 4 is 11.9 Å². The standard InChI is InChI=1S/C20H31NO4/c1-15(19(23)25-6)14-21(12-7-13-24-5)18(22)16-8-10-17(11-9-16)20(2,3)4/h8-11,15H,7,12-14H2,1-6H3. The van der Waals surface area contributed by atoms with Crippen molar-refractivity contribution in [2.24, 2.45) is 5.92 Å². The SMILES string of the molecule is COCCCN(CC(C)C(=O)OC)C(=O)c1ccc(C(C)(C)C)cc1. The monoisotopic (exact) mass is 349 g/mol. The Labute approximate surface area is 151 Å². The van der Waals surface area contributed by atoms with Gasteiger partial charge in [-0.05, 0) is 29.5 Å². The van der Waals surface area contributed by atoms with Crippen molar-refractivity contribution in [1.29, 1.82) is 0 Å². The summed E-state index contributed by atoms with van der Waals surface area (Å²) in [5.74, 6) is -0.759. The number of hydrogen-bond acceptors (Lipinski definition) is 4. The lowest BCUT2D eigenvalue weighted by Crippen LogP contribution is -2.38. The molecule has 0 saturated heterocycles. The number of amides is 1. The van der Waals surface area contributed by atoms with Crippen molar-refractivity contribution in [2.45, 2.75) is 39.5 Å². The molecule has 1 amide bonds. The predicted octanol–water partition coefficient (Wildman–Crippen LogP) is 3.27. The number of benzene rings is 1. The van der Waals surface area contributed by atoms with Crippen LogP contribution in [0.3, 0.4) is 0 Å². The number of nitrogens with zero attached hydrogens (tertiary/aromatic N) is 1. The van der Waals surface area contributed by atoms with Crippen molar-refractivity contribution in [1.82, 2.24) is 4.90 Å². The van der Waals surface area contributed by atoms with Gasteiger partial charge in [0.05, 0.1) is 13.0 Å². The Bertz CT molecular complexity index is 560. The number of carbonyl (C=O) groups is 2. The van der Waals surface area contributed by atoms with Crippen LogP contribution in [0.1, 0.15) is 50.0 Å². The summed E-state index contributed by atoms with van der Waals surface area (Å²) in [6, 6.07) is 7.69. The van der Waals surface area contributed by atoms with Crippen molar-refractivity contribution in [2.75, 3.05) is 33.9 Å². The van der Waals surface area contributed by atoms with Crippen LogP contribution in [0.2, 0.25) is 0 Å². The molecule has 0 spiro atoms. The first-order valence-electron chi connectivity index (χ1n) is 8.67. The molecule has 0 heterocycles. The van der Waals surface area contributed by atoms with E-state index in [-0.39, 0.29) is 23.2 Å². The van der Waals surface area contributed by atoms with Gasteiger partial charge in [-0.3, -0.25) is 9.59 Å². The Morgan fingerprint density at radius 1 is 1.12 bits per heavy atom. The molecule has 140 valence electrons. The normalized spacial score (nSPS) is 12.6. The van der Waals surface area contributed by atoms with Gasteiger partial charge in [0.15, 0.2) is 0 Å². The van der Waals surface area contributed by atoms with E-state index < -0.39 is 0 Å². The summed E-state index contributed by atoms with van der Waals surface area (Å²) in [6.45, 7) is 9.62. The van der Waals surface area contributed by atoms with Gasteiger partial charge >= 0.3 is 5.97 Å². The van der Waals surface area contributed by atoms with Gasteiger partial charge < -0.3 is 14.4 Å². The summed E-state index contributed by atoms with van der Waals surface area (Å²) in [7, 11) is 3.00. The average molecular weight is 349 g/mol. The van der Waals surface area contributed by atoms with Crippen molar-refractivity contribution in [3.05, 3.63) is 35.4 Å². The van der Waals surface area contributed by atoms with Gasteiger partial charge in [-0.1, -0.05) is 39.8 Å². The zero-order chi connectivity index (χ0) is 19.0. The first kappa shape index (κ1) is 21.2. The molecule has 0 fully saturated rings. The van der Waals surface area contributed by atoms with Crippen LogP contribution in [0.15, 0.2) is 24.3 Å². The number of methoxy groups -OCH3 is 2. The molecule has 1 aromatic carbocycles. The third kappa shape index (κ3) is 6.50. The number of esters is 1. The van der Waals surface area contributed by atoms with Crippen LogP contribution in [0, 0.1) is 5.92 Å². The fourth-order valence-electron chi connectivity index (χ4n) is 2.58. The number of ether oxygens (including phenoxy) is 2. The highest BCUT2D eigenvalue weighted by Crippen LogP contribution is 2.22. The summed E-state index contributed by atoms with van der Waals surface area (Å²) in [5.41, 5.74) is 1.85. The van der Waals surface area contributed by atoms with E-state index in [1.54, 1.807) is 18.9 Å². The van der Waals surface area contributed by atoms with Crippen LogP contribution in [0.5, 0.6) is 0 Å². The largest absolute Gasteiger partial charge is 0.469 e. The predicted molar refractivity (Wildman–Crippen MR) is 98.7 cm³/mol. The molecule has 1 aromatic rings. The average Bonchev–Trinajstić information content (AvgIpc) is 2.58. The van der Waals surface area contributed by atoms with Crippen LogP contribution in [0.25, 0.3) is 0 Å². The number of hydrogen-bond donors (Lipinski definition) is 0. The highest BCUT2D eigenvalue weighted by Gasteiger charge is 2.23. The maximum Gasteiger partial charge on any atom is 0.310 e. The van der Waals surface area contributed by atoms with E-state index in [4.69, 9.17) is 9.47 Å². The molecule has 0 aromatic heterocycles. The van der Waals surface area contributed by atoms with Crippen LogP contribution < -0.4 is 0 Å². The molecule has 1 rings (SSSR count). The summed E-state index contributed by atoms with van der Waals surface area (Å²) in [5, 5.41) is 0. The molecule has 25 heavy (non-hydrogen) atoms. The second-order valence-corrected chi connectivity index (χ2v) is 7.35. The topological polar surface area (TPSA) is 55.8 Å². The van der Waals surface area contributed by atoms with Crippen LogP contribution >= 0.6 is 0 Å². The Morgan fingerprint density at radius 3 is 2.20 bits per heavy atom. The van der Waals surface area contributed by atoms with Gasteiger partial charge in [0, 0.05) is 32.4 Å². The van der Waals surface area contributed by atoms with Gasteiger partial charge in [0.1, 0.15) is 0 Å². The summed E-state index contributed by atoms with van der Waals surface area (Å²) in [6.07, 6.45) is 0.718. The number of carbonyl (C=O) groups excluding carboxylic acids is 2. The molecule has 0 radical (unpaired) electrons. The van der Waals surface area contributed by atoms with E-state index in [1.165, 1.54) is 12.7 Å². The fraction of sp³-hybridized carbons (Fsp3) is 0.600. The quantitative estimate of drug-likeness (QED) is 0.534. The third-order valence-corrected chi connectivity index (χ3v) is 4.16. The van der Waals surface area contributed by atoms with Gasteiger partial charge in [-0.2, -0.15) is 0 Å². The molecule has 0 saturated carbocycles. The molecule has 0 N–H and O–H groups in total. The minimum absolute atomic E-state index is 0.0408. The Kier molecular flexibility index (Phi) is 8.10. The molecule has 0 aliphatic heterocycles. The van der Waals surface area contributed by atoms with Gasteiger partial charge in [-0.25, -0.2) is 0 Å². The van der Waals surface area contributed by atoms with E-state index in [1.807, 2.05) is 24.3 Å². The smallest absolute Gasteiger partial charge is 0.310 e. The molecule has 0 bridgehead atoms. The zero-order valence-corrected chi connectivity index (χ0v) is 16.3. The maximum absolute atomic E-state index is 12.9. The minimum atomic E-state index is -0.370. The van der Waals surface area contributed by atoms with E-state index >= 15 is 0 Å². The minimum Gasteiger partial charge on any atom is -0.469 e. The van der Waals surface area contributed by atoms with Gasteiger partial charge in [-0.15, -0.1) is 0 Å². The third-order valence-electron chi connectivity index (χ3n) is 4.16. The number of rotatable bonds is 8. The molecular formula is C20H31NO4. The lowest BCUT2D eigenvalue weighted by Gasteiger charge is -2.26. The van der Waals surface area contributed by atoms with Crippen molar-refractivity contribution < 1.29 is 19.1 Å². The van der Waals surface area contributed by atoms with Gasteiger partial charge in [0.2, 0.25) is 0 Å². The lowest BCUT2D eigenvalue weighted by molar-refractivity contribution is -0.145. The Balaban J connectivity index is 2.91. The van der Waals surface area contributed by atoms with E-state index in [0.29, 0.717) is 25.3 Å². The summed E-state index contributed by atoms with van der Waals surface area (Å²) in [4.78, 5) is 26.3. The molecule has 0 aliphatic rings. The zero-order valence-electron chi connectivity index (χ0n) is 16.3. The van der Waals surface area contributed by atoms with E-state index in [0.717, 1.165) is 6.42 Å². The maximum atomic E-state index is 12.9. The van der Waals surface area contributed by atoms with E-state index in [9.17, 15) is 9.59 Å². The van der Waals surface area contributed by atoms with Crippen molar-refractivity contribution in [3.63, 3.8) is 0 Å². The molecule has 5 nitrogen and oxygen atoms in total. The van der Waals surface area contributed by atoms with Crippen molar-refractivity contribution in [3.8, 4) is 0 Å². The molecule has 5 heteroatoms. The van der Waals surface area contributed by atoms with E-state index in [2.05, 4.69) is 20.8 Å². The fourth-order valence-corrected chi connectivity index (χ4v) is 2.58. The Hall–Kier alpha value is -1.88. The second-order valence-electron chi connectivity index (χ2n) is 7.35. The molecule has 1 unspecified atom stereocenters. The molecule has 0 aliphatic carbocycles. The highest BCUT2D eigenvalue weighted by molar-refractivity contribution is 5.94. The lowest BCUT2D eigenvalue weighted by atomic mass is 9.86. The highest BCUT2D eigenvalue weighted by atomic mass is 16.5. The van der Waals surface area contributed by atoms with Crippen LogP contribution in [-0.4, -0.2) is 50.7 Å². The first-order chi connectivity index (χ1) is 11.7. The van der Waals surface area contributed by atoms with Crippen LogP contribution in [-0.2, 0) is 19.7 Å². The first-order valence-corrected chi connectivity index (χ1v) is 8.67.